The topological polar surface area (TPSA) is 21.3 Å². The van der Waals surface area contributed by atoms with Crippen LogP contribution in [0, 0.1) is 0 Å². The van der Waals surface area contributed by atoms with E-state index in [0.717, 1.165) is 19.0 Å². The average molecular weight is 271 g/mol. The van der Waals surface area contributed by atoms with Crippen LogP contribution in [-0.2, 0) is 4.74 Å². The van der Waals surface area contributed by atoms with E-state index in [9.17, 15) is 0 Å². The molecule has 2 nitrogen and oxygen atoms in total. The van der Waals surface area contributed by atoms with Gasteiger partial charge in [0, 0.05) is 13.1 Å². The number of hydrogen-bond acceptors (Lipinski definition) is 2. The van der Waals surface area contributed by atoms with E-state index in [0.29, 0.717) is 0 Å². The third-order valence-corrected chi connectivity index (χ3v) is 5.29. The summed E-state index contributed by atoms with van der Waals surface area (Å²) in [4.78, 5) is 0. The van der Waals surface area contributed by atoms with Gasteiger partial charge in [-0.05, 0) is 42.7 Å². The first-order chi connectivity index (χ1) is 9.86. The molecule has 2 saturated carbocycles. The minimum absolute atomic E-state index is 0.123. The Morgan fingerprint density at radius 2 is 1.75 bits per heavy atom. The molecule has 1 saturated heterocycles. The summed E-state index contributed by atoms with van der Waals surface area (Å²) in [5.41, 5.74) is 3.12. The average Bonchev–Trinajstić information content (AvgIpc) is 3.33. The molecule has 0 radical (unpaired) electrons. The number of morpholine rings is 1. The maximum atomic E-state index is 6.66. The van der Waals surface area contributed by atoms with Crippen LogP contribution in [0.2, 0.25) is 0 Å². The summed E-state index contributed by atoms with van der Waals surface area (Å²) in [6, 6.07) is 8.97. The lowest BCUT2D eigenvalue weighted by atomic mass is 9.83. The van der Waals surface area contributed by atoms with Crippen molar-refractivity contribution in [2.45, 2.75) is 62.6 Å². The number of rotatable bonds is 2. The third-order valence-electron chi connectivity index (χ3n) is 5.29. The van der Waals surface area contributed by atoms with Crippen LogP contribution < -0.4 is 5.32 Å². The highest BCUT2D eigenvalue weighted by Crippen LogP contribution is 2.45. The van der Waals surface area contributed by atoms with Gasteiger partial charge in [-0.2, -0.15) is 0 Å². The van der Waals surface area contributed by atoms with Crippen molar-refractivity contribution < 1.29 is 4.74 Å². The predicted octanol–water partition coefficient (Wildman–Crippen LogP) is 3.93. The summed E-state index contributed by atoms with van der Waals surface area (Å²) >= 11 is 0. The summed E-state index contributed by atoms with van der Waals surface area (Å²) in [5, 5.41) is 3.66. The van der Waals surface area contributed by atoms with E-state index in [4.69, 9.17) is 4.74 Å². The molecule has 1 aromatic rings. The van der Waals surface area contributed by atoms with Gasteiger partial charge in [0.1, 0.15) is 0 Å². The van der Waals surface area contributed by atoms with Crippen LogP contribution in [0.25, 0.3) is 0 Å². The quantitative estimate of drug-likeness (QED) is 0.880. The minimum Gasteiger partial charge on any atom is -0.364 e. The van der Waals surface area contributed by atoms with Gasteiger partial charge in [-0.15, -0.1) is 0 Å². The second-order valence-electron chi connectivity index (χ2n) is 6.88. The SMILES string of the molecule is c1ccc(C2CNCC3(CCCCC3)O2)c(C2CC2)c1. The fraction of sp³-hybridized carbons (Fsp3) is 0.667. The lowest BCUT2D eigenvalue weighted by molar-refractivity contribution is -0.136. The first-order valence-electron chi connectivity index (χ1n) is 8.34. The molecule has 1 spiro atoms. The van der Waals surface area contributed by atoms with Crippen molar-refractivity contribution >= 4 is 0 Å². The van der Waals surface area contributed by atoms with Gasteiger partial charge < -0.3 is 10.1 Å². The highest BCUT2D eigenvalue weighted by Gasteiger charge is 2.40. The molecule has 0 aromatic heterocycles. The molecule has 4 rings (SSSR count). The fourth-order valence-electron chi connectivity index (χ4n) is 4.05. The Hall–Kier alpha value is -0.860. The van der Waals surface area contributed by atoms with Crippen LogP contribution in [0.15, 0.2) is 24.3 Å². The van der Waals surface area contributed by atoms with E-state index in [2.05, 4.69) is 29.6 Å². The highest BCUT2D eigenvalue weighted by molar-refractivity contribution is 5.35. The molecule has 1 N–H and O–H groups in total. The highest BCUT2D eigenvalue weighted by atomic mass is 16.5. The van der Waals surface area contributed by atoms with Gasteiger partial charge in [0.2, 0.25) is 0 Å². The largest absolute Gasteiger partial charge is 0.364 e. The van der Waals surface area contributed by atoms with Crippen molar-refractivity contribution in [1.29, 1.82) is 0 Å². The standard InChI is InChI=1S/C18H25NO/c1-4-10-18(11-5-1)13-19-12-17(20-18)16-7-3-2-6-15(16)14-8-9-14/h2-3,6-7,14,17,19H,1,4-5,8-13H2. The summed E-state index contributed by atoms with van der Waals surface area (Å²) < 4.78 is 6.66. The van der Waals surface area contributed by atoms with Crippen molar-refractivity contribution in [2.24, 2.45) is 0 Å². The van der Waals surface area contributed by atoms with Crippen LogP contribution in [0.3, 0.4) is 0 Å². The van der Waals surface area contributed by atoms with Crippen molar-refractivity contribution in [1.82, 2.24) is 5.32 Å². The maximum Gasteiger partial charge on any atom is 0.0960 e. The van der Waals surface area contributed by atoms with E-state index >= 15 is 0 Å². The van der Waals surface area contributed by atoms with Crippen molar-refractivity contribution in [2.75, 3.05) is 13.1 Å². The molecule has 1 atom stereocenters. The van der Waals surface area contributed by atoms with E-state index in [1.54, 1.807) is 5.56 Å². The zero-order valence-corrected chi connectivity index (χ0v) is 12.2. The number of nitrogens with one attached hydrogen (secondary N) is 1. The summed E-state index contributed by atoms with van der Waals surface area (Å²) in [6.07, 6.45) is 9.51. The first-order valence-corrected chi connectivity index (χ1v) is 8.34. The minimum atomic E-state index is 0.123. The van der Waals surface area contributed by atoms with Crippen LogP contribution in [0.5, 0.6) is 0 Å². The Balaban J connectivity index is 1.58. The molecule has 1 heterocycles. The van der Waals surface area contributed by atoms with Crippen molar-refractivity contribution in [3.05, 3.63) is 35.4 Å². The number of ether oxygens (including phenoxy) is 1. The Bertz CT molecular complexity index is 469. The van der Waals surface area contributed by atoms with E-state index in [-0.39, 0.29) is 11.7 Å². The third kappa shape index (κ3) is 2.40. The normalized spacial score (nSPS) is 29.5. The van der Waals surface area contributed by atoms with Gasteiger partial charge in [-0.3, -0.25) is 0 Å². The van der Waals surface area contributed by atoms with Crippen LogP contribution in [-0.4, -0.2) is 18.7 Å². The Kier molecular flexibility index (Phi) is 3.31. The Morgan fingerprint density at radius 1 is 1.00 bits per heavy atom. The molecular formula is C18H25NO. The van der Waals surface area contributed by atoms with Gasteiger partial charge in [-0.1, -0.05) is 43.5 Å². The second kappa shape index (κ2) is 5.16. The van der Waals surface area contributed by atoms with Crippen LogP contribution in [0.1, 0.15) is 68.1 Å². The molecule has 108 valence electrons. The van der Waals surface area contributed by atoms with Gasteiger partial charge in [-0.25, -0.2) is 0 Å². The van der Waals surface area contributed by atoms with E-state index in [1.807, 2.05) is 0 Å². The van der Waals surface area contributed by atoms with Gasteiger partial charge in [0.05, 0.1) is 11.7 Å². The smallest absolute Gasteiger partial charge is 0.0960 e. The zero-order valence-electron chi connectivity index (χ0n) is 12.2. The molecule has 3 aliphatic rings. The Labute approximate surface area is 121 Å². The van der Waals surface area contributed by atoms with Crippen molar-refractivity contribution in [3.63, 3.8) is 0 Å². The van der Waals surface area contributed by atoms with E-state index < -0.39 is 0 Å². The lowest BCUT2D eigenvalue weighted by Crippen LogP contribution is -2.51. The molecule has 2 aliphatic carbocycles. The molecular weight excluding hydrogens is 246 g/mol. The lowest BCUT2D eigenvalue weighted by Gasteiger charge is -2.44. The molecule has 0 amide bonds. The summed E-state index contributed by atoms with van der Waals surface area (Å²) in [6.45, 7) is 2.03. The molecule has 3 fully saturated rings. The van der Waals surface area contributed by atoms with Crippen molar-refractivity contribution in [3.8, 4) is 0 Å². The predicted molar refractivity (Wildman–Crippen MR) is 80.9 cm³/mol. The van der Waals surface area contributed by atoms with Crippen LogP contribution >= 0.6 is 0 Å². The number of hydrogen-bond donors (Lipinski definition) is 1. The molecule has 0 bridgehead atoms. The molecule has 1 unspecified atom stereocenters. The monoisotopic (exact) mass is 271 g/mol. The van der Waals surface area contributed by atoms with Crippen LogP contribution in [0.4, 0.5) is 0 Å². The van der Waals surface area contributed by atoms with Gasteiger partial charge in [0.15, 0.2) is 0 Å². The summed E-state index contributed by atoms with van der Waals surface area (Å²) in [7, 11) is 0. The zero-order chi connectivity index (χ0) is 13.4. The molecule has 20 heavy (non-hydrogen) atoms. The second-order valence-corrected chi connectivity index (χ2v) is 6.88. The first kappa shape index (κ1) is 12.8. The summed E-state index contributed by atoms with van der Waals surface area (Å²) in [5.74, 6) is 0.805. The Morgan fingerprint density at radius 3 is 2.50 bits per heavy atom. The maximum absolute atomic E-state index is 6.66. The van der Waals surface area contributed by atoms with Gasteiger partial charge in [0.25, 0.3) is 0 Å². The molecule has 1 aliphatic heterocycles. The number of benzene rings is 1. The van der Waals surface area contributed by atoms with E-state index in [1.165, 1.54) is 50.5 Å². The van der Waals surface area contributed by atoms with Gasteiger partial charge >= 0.3 is 0 Å². The fourth-order valence-corrected chi connectivity index (χ4v) is 4.05. The molecule has 1 aromatic carbocycles. The molecule has 2 heteroatoms.